The lowest BCUT2D eigenvalue weighted by Crippen LogP contribution is -2.39. The van der Waals surface area contributed by atoms with Crippen LogP contribution in [0.4, 0.5) is 10.6 Å². The molecule has 6 heteroatoms. The molecule has 1 spiro atoms. The van der Waals surface area contributed by atoms with Gasteiger partial charge in [0.15, 0.2) is 0 Å². The number of anilines is 1. The molecule has 1 saturated carbocycles. The standard InChI is InChI=1S/C21H26N4O2/c1-14-9-15(2)11-17(10-14)18-3-4-19(25-24-18)22-12-16-5-7-21(8-6-16)13-23-20(26)27-21/h3-4,9-11,16H,5-8,12-13H2,1-2H3,(H,22,25)(H,23,26)/t16-,21-. The van der Waals surface area contributed by atoms with Crippen LogP contribution in [0.2, 0.25) is 0 Å². The quantitative estimate of drug-likeness (QED) is 0.860. The molecule has 0 bridgehead atoms. The Morgan fingerprint density at radius 2 is 1.89 bits per heavy atom. The lowest BCUT2D eigenvalue weighted by Gasteiger charge is -2.34. The second-order valence-electron chi connectivity index (χ2n) is 7.93. The lowest BCUT2D eigenvalue weighted by atomic mass is 9.79. The van der Waals surface area contributed by atoms with E-state index >= 15 is 0 Å². The summed E-state index contributed by atoms with van der Waals surface area (Å²) in [5.41, 5.74) is 4.19. The SMILES string of the molecule is Cc1cc(C)cc(-c2ccc(NC[C@H]3CC[C@]4(CC3)CNC(=O)O4)nn2)c1. The highest BCUT2D eigenvalue weighted by Crippen LogP contribution is 2.36. The first kappa shape index (κ1) is 17.8. The number of carbonyl (C=O) groups excluding carboxylic acids is 1. The first-order valence-corrected chi connectivity index (χ1v) is 9.64. The van der Waals surface area contributed by atoms with Gasteiger partial charge in [-0.05, 0) is 69.7 Å². The first-order chi connectivity index (χ1) is 13.0. The van der Waals surface area contributed by atoms with Gasteiger partial charge in [-0.15, -0.1) is 10.2 Å². The van der Waals surface area contributed by atoms with E-state index in [0.717, 1.165) is 49.3 Å². The maximum Gasteiger partial charge on any atom is 0.407 e. The van der Waals surface area contributed by atoms with E-state index in [2.05, 4.69) is 52.9 Å². The number of aryl methyl sites for hydroxylation is 2. The Labute approximate surface area is 159 Å². The van der Waals surface area contributed by atoms with Crippen LogP contribution < -0.4 is 10.6 Å². The molecule has 6 nitrogen and oxygen atoms in total. The molecule has 142 valence electrons. The number of ether oxygens (including phenoxy) is 1. The topological polar surface area (TPSA) is 76.1 Å². The second-order valence-corrected chi connectivity index (χ2v) is 7.93. The fourth-order valence-electron chi connectivity index (χ4n) is 4.14. The van der Waals surface area contributed by atoms with Crippen LogP contribution in [0.15, 0.2) is 30.3 Å². The average Bonchev–Trinajstić information content (AvgIpc) is 3.01. The number of hydrogen-bond donors (Lipinski definition) is 2. The minimum Gasteiger partial charge on any atom is -0.441 e. The zero-order valence-corrected chi connectivity index (χ0v) is 15.9. The van der Waals surface area contributed by atoms with Crippen molar-refractivity contribution in [2.24, 2.45) is 5.92 Å². The maximum absolute atomic E-state index is 11.3. The molecule has 1 aliphatic carbocycles. The molecule has 1 saturated heterocycles. The molecule has 1 amide bonds. The molecule has 0 unspecified atom stereocenters. The second kappa shape index (κ2) is 7.18. The third-order valence-electron chi connectivity index (χ3n) is 5.63. The Balaban J connectivity index is 1.31. The summed E-state index contributed by atoms with van der Waals surface area (Å²) in [4.78, 5) is 11.3. The summed E-state index contributed by atoms with van der Waals surface area (Å²) < 4.78 is 5.48. The Kier molecular flexibility index (Phi) is 4.72. The van der Waals surface area contributed by atoms with Crippen LogP contribution in [0.25, 0.3) is 11.3 Å². The number of aromatic nitrogens is 2. The van der Waals surface area contributed by atoms with Crippen molar-refractivity contribution in [3.8, 4) is 11.3 Å². The zero-order valence-electron chi connectivity index (χ0n) is 15.9. The lowest BCUT2D eigenvalue weighted by molar-refractivity contribution is 0.0148. The Morgan fingerprint density at radius 1 is 1.15 bits per heavy atom. The number of nitrogens with zero attached hydrogens (tertiary/aromatic N) is 2. The Hall–Kier alpha value is -2.63. The molecule has 4 rings (SSSR count). The highest BCUT2D eigenvalue weighted by molar-refractivity contribution is 5.70. The van der Waals surface area contributed by atoms with E-state index in [9.17, 15) is 4.79 Å². The van der Waals surface area contributed by atoms with E-state index in [-0.39, 0.29) is 11.7 Å². The number of benzene rings is 1. The van der Waals surface area contributed by atoms with Crippen LogP contribution in [0.3, 0.4) is 0 Å². The maximum atomic E-state index is 11.3. The van der Waals surface area contributed by atoms with E-state index in [4.69, 9.17) is 4.74 Å². The summed E-state index contributed by atoms with van der Waals surface area (Å²) in [6, 6.07) is 10.4. The molecule has 27 heavy (non-hydrogen) atoms. The first-order valence-electron chi connectivity index (χ1n) is 9.64. The van der Waals surface area contributed by atoms with Crippen LogP contribution >= 0.6 is 0 Å². The Bertz CT molecular complexity index is 806. The predicted octanol–water partition coefficient (Wildman–Crippen LogP) is 3.84. The highest BCUT2D eigenvalue weighted by Gasteiger charge is 2.43. The molecule has 1 aliphatic heterocycles. The van der Waals surface area contributed by atoms with Crippen molar-refractivity contribution in [3.63, 3.8) is 0 Å². The van der Waals surface area contributed by atoms with Crippen molar-refractivity contribution >= 4 is 11.9 Å². The van der Waals surface area contributed by atoms with Crippen LogP contribution in [0.5, 0.6) is 0 Å². The molecule has 1 aromatic heterocycles. The number of carbonyl (C=O) groups is 1. The van der Waals surface area contributed by atoms with Gasteiger partial charge in [0, 0.05) is 12.1 Å². The Morgan fingerprint density at radius 3 is 2.48 bits per heavy atom. The number of rotatable bonds is 4. The molecule has 0 atom stereocenters. The normalized spacial score (nSPS) is 24.5. The number of alkyl carbamates (subject to hydrolysis) is 1. The summed E-state index contributed by atoms with van der Waals surface area (Å²) >= 11 is 0. The van der Waals surface area contributed by atoms with Crippen molar-refractivity contribution in [1.29, 1.82) is 0 Å². The van der Waals surface area contributed by atoms with Crippen LogP contribution in [0, 0.1) is 19.8 Å². The van der Waals surface area contributed by atoms with Gasteiger partial charge in [-0.1, -0.05) is 17.2 Å². The molecular formula is C21H26N4O2. The molecule has 0 radical (unpaired) electrons. The monoisotopic (exact) mass is 366 g/mol. The van der Waals surface area contributed by atoms with Gasteiger partial charge in [-0.25, -0.2) is 4.79 Å². The molecule has 2 fully saturated rings. The minimum absolute atomic E-state index is 0.263. The molecular weight excluding hydrogens is 340 g/mol. The van der Waals surface area contributed by atoms with Crippen molar-refractivity contribution in [2.75, 3.05) is 18.4 Å². The van der Waals surface area contributed by atoms with E-state index < -0.39 is 0 Å². The predicted molar refractivity (Wildman–Crippen MR) is 105 cm³/mol. The molecule has 1 aromatic carbocycles. The van der Waals surface area contributed by atoms with Crippen LogP contribution in [-0.4, -0.2) is 35.0 Å². The fourth-order valence-corrected chi connectivity index (χ4v) is 4.14. The van der Waals surface area contributed by atoms with E-state index in [0.29, 0.717) is 12.5 Å². The van der Waals surface area contributed by atoms with Crippen molar-refractivity contribution in [3.05, 3.63) is 41.5 Å². The van der Waals surface area contributed by atoms with Gasteiger partial charge in [0.05, 0.1) is 12.2 Å². The smallest absolute Gasteiger partial charge is 0.407 e. The molecule has 2 aromatic rings. The minimum atomic E-state index is -0.272. The van der Waals surface area contributed by atoms with Crippen molar-refractivity contribution in [1.82, 2.24) is 15.5 Å². The summed E-state index contributed by atoms with van der Waals surface area (Å²) in [5, 5.41) is 14.9. The van der Waals surface area contributed by atoms with Gasteiger partial charge in [-0.3, -0.25) is 0 Å². The van der Waals surface area contributed by atoms with Gasteiger partial charge in [-0.2, -0.15) is 0 Å². The fraction of sp³-hybridized carbons (Fsp3) is 0.476. The third kappa shape index (κ3) is 4.04. The van der Waals surface area contributed by atoms with Crippen LogP contribution in [0.1, 0.15) is 36.8 Å². The number of amides is 1. The van der Waals surface area contributed by atoms with Crippen LogP contribution in [-0.2, 0) is 4.74 Å². The third-order valence-corrected chi connectivity index (χ3v) is 5.63. The molecule has 2 aliphatic rings. The largest absolute Gasteiger partial charge is 0.441 e. The summed E-state index contributed by atoms with van der Waals surface area (Å²) in [7, 11) is 0. The summed E-state index contributed by atoms with van der Waals surface area (Å²) in [6.07, 6.45) is 3.68. The van der Waals surface area contributed by atoms with Gasteiger partial charge in [0.2, 0.25) is 0 Å². The van der Waals surface area contributed by atoms with Gasteiger partial charge >= 0.3 is 6.09 Å². The van der Waals surface area contributed by atoms with Gasteiger partial charge < -0.3 is 15.4 Å². The molecule has 2 heterocycles. The van der Waals surface area contributed by atoms with Gasteiger partial charge in [0.25, 0.3) is 0 Å². The highest BCUT2D eigenvalue weighted by atomic mass is 16.6. The van der Waals surface area contributed by atoms with Gasteiger partial charge in [0.1, 0.15) is 11.4 Å². The number of nitrogens with one attached hydrogen (secondary N) is 2. The number of hydrogen-bond acceptors (Lipinski definition) is 5. The molecule has 2 N–H and O–H groups in total. The van der Waals surface area contributed by atoms with Crippen molar-refractivity contribution < 1.29 is 9.53 Å². The summed E-state index contributed by atoms with van der Waals surface area (Å²) in [6.45, 7) is 5.71. The van der Waals surface area contributed by atoms with Crippen molar-refractivity contribution in [2.45, 2.75) is 45.1 Å². The summed E-state index contributed by atoms with van der Waals surface area (Å²) in [5.74, 6) is 1.37. The average molecular weight is 366 g/mol. The van der Waals surface area contributed by atoms with E-state index in [1.807, 2.05) is 12.1 Å². The van der Waals surface area contributed by atoms with E-state index in [1.165, 1.54) is 11.1 Å². The zero-order chi connectivity index (χ0) is 18.9. The van der Waals surface area contributed by atoms with E-state index in [1.54, 1.807) is 0 Å².